The second-order valence-electron chi connectivity index (χ2n) is 6.55. The van der Waals surface area contributed by atoms with E-state index in [2.05, 4.69) is 38.0 Å². The van der Waals surface area contributed by atoms with Crippen LogP contribution in [-0.4, -0.2) is 44.7 Å². The van der Waals surface area contributed by atoms with E-state index in [4.69, 9.17) is 5.73 Å². The minimum Gasteiger partial charge on any atom is -0.330 e. The molecular formula is C14H31N3. The average Bonchev–Trinajstić information content (AvgIpc) is 2.65. The molecule has 1 rings (SSSR count). The van der Waals surface area contributed by atoms with Gasteiger partial charge >= 0.3 is 0 Å². The minimum atomic E-state index is 0.410. The van der Waals surface area contributed by atoms with Gasteiger partial charge in [-0.25, -0.2) is 0 Å². The van der Waals surface area contributed by atoms with E-state index in [0.717, 1.165) is 32.0 Å². The molecule has 1 heterocycles. The molecule has 3 nitrogen and oxygen atoms in total. The van der Waals surface area contributed by atoms with Crippen molar-refractivity contribution in [3.05, 3.63) is 0 Å². The van der Waals surface area contributed by atoms with Gasteiger partial charge in [0.2, 0.25) is 0 Å². The van der Waals surface area contributed by atoms with Crippen molar-refractivity contribution in [2.24, 2.45) is 23.0 Å². The van der Waals surface area contributed by atoms with Crippen molar-refractivity contribution < 1.29 is 0 Å². The third kappa shape index (κ3) is 4.94. The number of nitrogens with one attached hydrogen (secondary N) is 1. The number of likely N-dealkylation sites (tertiary alicyclic amines) is 1. The topological polar surface area (TPSA) is 41.3 Å². The Kier molecular flexibility index (Phi) is 5.90. The second-order valence-corrected chi connectivity index (χ2v) is 6.55. The Morgan fingerprint density at radius 2 is 2.18 bits per heavy atom. The summed E-state index contributed by atoms with van der Waals surface area (Å²) in [7, 11) is 2.23. The smallest absolute Gasteiger partial charge is 0.00127 e. The molecule has 0 bridgehead atoms. The van der Waals surface area contributed by atoms with Crippen LogP contribution in [0.4, 0.5) is 0 Å². The summed E-state index contributed by atoms with van der Waals surface area (Å²) in [6.07, 6.45) is 2.48. The molecule has 0 radical (unpaired) electrons. The Labute approximate surface area is 107 Å². The lowest BCUT2D eigenvalue weighted by molar-refractivity contribution is 0.203. The van der Waals surface area contributed by atoms with Crippen molar-refractivity contribution in [1.82, 2.24) is 10.2 Å². The molecule has 0 aliphatic carbocycles. The molecule has 0 aromatic rings. The van der Waals surface area contributed by atoms with Gasteiger partial charge in [-0.05, 0) is 56.8 Å². The maximum absolute atomic E-state index is 5.57. The molecule has 2 atom stereocenters. The fourth-order valence-electron chi connectivity index (χ4n) is 2.74. The highest BCUT2D eigenvalue weighted by molar-refractivity contribution is 4.86. The Bertz CT molecular complexity index is 216. The zero-order valence-electron chi connectivity index (χ0n) is 12.1. The summed E-state index contributed by atoms with van der Waals surface area (Å²) in [5.41, 5.74) is 5.98. The molecule has 2 unspecified atom stereocenters. The highest BCUT2D eigenvalue weighted by atomic mass is 15.1. The first-order valence-corrected chi connectivity index (χ1v) is 7.05. The van der Waals surface area contributed by atoms with Crippen molar-refractivity contribution >= 4 is 0 Å². The standard InChI is InChI=1S/C14H31N3/c1-12(5-7-15)9-16-11-14(2,3)13-6-8-17(4)10-13/h12-13,16H,5-11,15H2,1-4H3. The summed E-state index contributed by atoms with van der Waals surface area (Å²) in [6, 6.07) is 0. The van der Waals surface area contributed by atoms with Crippen LogP contribution in [0.5, 0.6) is 0 Å². The summed E-state index contributed by atoms with van der Waals surface area (Å²) in [6.45, 7) is 12.6. The summed E-state index contributed by atoms with van der Waals surface area (Å²) in [5, 5.41) is 3.63. The molecule has 0 aromatic carbocycles. The molecule has 102 valence electrons. The zero-order valence-corrected chi connectivity index (χ0v) is 12.1. The molecule has 1 aliphatic heterocycles. The number of hydrogen-bond acceptors (Lipinski definition) is 3. The van der Waals surface area contributed by atoms with Crippen LogP contribution in [0.1, 0.15) is 33.6 Å². The van der Waals surface area contributed by atoms with E-state index >= 15 is 0 Å². The molecule has 0 saturated carbocycles. The summed E-state index contributed by atoms with van der Waals surface area (Å²) in [5.74, 6) is 1.53. The fourth-order valence-corrected chi connectivity index (χ4v) is 2.74. The first kappa shape index (κ1) is 14.9. The van der Waals surface area contributed by atoms with Crippen LogP contribution in [0.25, 0.3) is 0 Å². The van der Waals surface area contributed by atoms with Gasteiger partial charge in [-0.1, -0.05) is 20.8 Å². The first-order chi connectivity index (χ1) is 7.95. The molecule has 0 spiro atoms. The van der Waals surface area contributed by atoms with Gasteiger partial charge in [0, 0.05) is 13.1 Å². The molecule has 3 N–H and O–H groups in total. The van der Waals surface area contributed by atoms with E-state index in [1.165, 1.54) is 19.5 Å². The van der Waals surface area contributed by atoms with Crippen LogP contribution >= 0.6 is 0 Å². The van der Waals surface area contributed by atoms with Crippen LogP contribution in [0.2, 0.25) is 0 Å². The van der Waals surface area contributed by atoms with Gasteiger partial charge in [0.1, 0.15) is 0 Å². The Morgan fingerprint density at radius 3 is 2.71 bits per heavy atom. The maximum Gasteiger partial charge on any atom is 0.00127 e. The molecule has 0 amide bonds. The molecular weight excluding hydrogens is 210 g/mol. The summed E-state index contributed by atoms with van der Waals surface area (Å²) in [4.78, 5) is 2.45. The Hall–Kier alpha value is -0.120. The average molecular weight is 241 g/mol. The van der Waals surface area contributed by atoms with Gasteiger partial charge in [0.15, 0.2) is 0 Å². The number of nitrogens with zero attached hydrogens (tertiary/aromatic N) is 1. The van der Waals surface area contributed by atoms with Crippen molar-refractivity contribution in [1.29, 1.82) is 0 Å². The van der Waals surface area contributed by atoms with E-state index < -0.39 is 0 Å². The van der Waals surface area contributed by atoms with E-state index in [0.29, 0.717) is 11.3 Å². The monoisotopic (exact) mass is 241 g/mol. The fraction of sp³-hybridized carbons (Fsp3) is 1.00. The lowest BCUT2D eigenvalue weighted by Crippen LogP contribution is -2.38. The highest BCUT2D eigenvalue weighted by Gasteiger charge is 2.33. The number of hydrogen-bond donors (Lipinski definition) is 2. The van der Waals surface area contributed by atoms with Crippen LogP contribution in [0.15, 0.2) is 0 Å². The molecule has 1 saturated heterocycles. The van der Waals surface area contributed by atoms with Crippen LogP contribution < -0.4 is 11.1 Å². The quantitative estimate of drug-likeness (QED) is 0.710. The minimum absolute atomic E-state index is 0.410. The predicted octanol–water partition coefficient (Wildman–Crippen LogP) is 1.54. The van der Waals surface area contributed by atoms with Gasteiger partial charge in [0.05, 0.1) is 0 Å². The van der Waals surface area contributed by atoms with Gasteiger partial charge in [-0.3, -0.25) is 0 Å². The van der Waals surface area contributed by atoms with Gasteiger partial charge < -0.3 is 16.0 Å². The first-order valence-electron chi connectivity index (χ1n) is 7.05. The lowest BCUT2D eigenvalue weighted by Gasteiger charge is -2.32. The lowest BCUT2D eigenvalue weighted by atomic mass is 9.78. The third-order valence-electron chi connectivity index (χ3n) is 4.23. The van der Waals surface area contributed by atoms with Crippen molar-refractivity contribution in [2.75, 3.05) is 39.8 Å². The zero-order chi connectivity index (χ0) is 12.9. The summed E-state index contributed by atoms with van der Waals surface area (Å²) >= 11 is 0. The van der Waals surface area contributed by atoms with E-state index in [9.17, 15) is 0 Å². The van der Waals surface area contributed by atoms with E-state index in [1.807, 2.05) is 0 Å². The maximum atomic E-state index is 5.57. The number of nitrogens with two attached hydrogens (primary N) is 1. The predicted molar refractivity (Wildman–Crippen MR) is 75.1 cm³/mol. The van der Waals surface area contributed by atoms with E-state index in [1.54, 1.807) is 0 Å². The van der Waals surface area contributed by atoms with Gasteiger partial charge in [-0.15, -0.1) is 0 Å². The van der Waals surface area contributed by atoms with Crippen LogP contribution in [0.3, 0.4) is 0 Å². The van der Waals surface area contributed by atoms with Gasteiger partial charge in [0.25, 0.3) is 0 Å². The molecule has 3 heteroatoms. The largest absolute Gasteiger partial charge is 0.330 e. The van der Waals surface area contributed by atoms with Crippen molar-refractivity contribution in [3.8, 4) is 0 Å². The molecule has 17 heavy (non-hydrogen) atoms. The molecule has 0 aromatic heterocycles. The van der Waals surface area contributed by atoms with Crippen LogP contribution in [0, 0.1) is 17.3 Å². The van der Waals surface area contributed by atoms with Crippen molar-refractivity contribution in [3.63, 3.8) is 0 Å². The Morgan fingerprint density at radius 1 is 1.47 bits per heavy atom. The number of rotatable bonds is 7. The molecule has 1 fully saturated rings. The SMILES string of the molecule is CC(CCN)CNCC(C)(C)C1CCN(C)C1. The van der Waals surface area contributed by atoms with Crippen molar-refractivity contribution in [2.45, 2.75) is 33.6 Å². The van der Waals surface area contributed by atoms with E-state index in [-0.39, 0.29) is 0 Å². The summed E-state index contributed by atoms with van der Waals surface area (Å²) < 4.78 is 0. The highest BCUT2D eigenvalue weighted by Crippen LogP contribution is 2.33. The molecule has 1 aliphatic rings. The van der Waals surface area contributed by atoms with Gasteiger partial charge in [-0.2, -0.15) is 0 Å². The second kappa shape index (κ2) is 6.72. The third-order valence-corrected chi connectivity index (χ3v) is 4.23. The van der Waals surface area contributed by atoms with Crippen LogP contribution in [-0.2, 0) is 0 Å². The Balaban J connectivity index is 2.24. The normalized spacial score (nSPS) is 24.2.